The highest BCUT2D eigenvalue weighted by atomic mass is 28.3. The van der Waals surface area contributed by atoms with Crippen molar-refractivity contribution in [3.8, 4) is 28.0 Å². The van der Waals surface area contributed by atoms with Crippen molar-refractivity contribution in [1.82, 2.24) is 0 Å². The Labute approximate surface area is 228 Å². The molecule has 0 saturated carbocycles. The highest BCUT2D eigenvalue weighted by Crippen LogP contribution is 2.36. The summed E-state index contributed by atoms with van der Waals surface area (Å²) in [6.07, 6.45) is 0. The van der Waals surface area contributed by atoms with Gasteiger partial charge in [-0.15, -0.1) is 0 Å². The van der Waals surface area contributed by atoms with Gasteiger partial charge in [-0.25, -0.2) is 4.79 Å². The van der Waals surface area contributed by atoms with Crippen molar-refractivity contribution in [3.63, 3.8) is 0 Å². The molecule has 0 unspecified atom stereocenters. The Morgan fingerprint density at radius 3 is 2.03 bits per heavy atom. The zero-order valence-corrected chi connectivity index (χ0v) is 25.4. The summed E-state index contributed by atoms with van der Waals surface area (Å²) < 4.78 is 16.3. The molecule has 1 aliphatic rings. The molecule has 3 aromatic carbocycles. The van der Waals surface area contributed by atoms with Crippen molar-refractivity contribution in [1.29, 1.82) is 0 Å². The Hall–Kier alpha value is -3.17. The van der Waals surface area contributed by atoms with E-state index in [-0.39, 0.29) is 25.2 Å². The second kappa shape index (κ2) is 11.3. The minimum absolute atomic E-state index is 0.204. The van der Waals surface area contributed by atoms with Gasteiger partial charge in [0, 0.05) is 12.5 Å². The first-order valence-electron chi connectivity index (χ1n) is 13.3. The molecular formula is C31H38O5Si2. The molecule has 1 aliphatic heterocycles. The van der Waals surface area contributed by atoms with Gasteiger partial charge in [-0.2, -0.15) is 0 Å². The monoisotopic (exact) mass is 546 g/mol. The number of hydrogen-bond donors (Lipinski definition) is 0. The Kier molecular flexibility index (Phi) is 8.28. The van der Waals surface area contributed by atoms with Crippen molar-refractivity contribution in [2.75, 3.05) is 19.8 Å². The quantitative estimate of drug-likeness (QED) is 0.198. The Morgan fingerprint density at radius 2 is 1.37 bits per heavy atom. The molecule has 0 bridgehead atoms. The summed E-state index contributed by atoms with van der Waals surface area (Å²) >= 11 is 0. The Morgan fingerprint density at radius 1 is 0.737 bits per heavy atom. The molecule has 7 heteroatoms. The van der Waals surface area contributed by atoms with Crippen LogP contribution in [0.25, 0.3) is 22.3 Å². The molecular weight excluding hydrogens is 509 g/mol. The van der Waals surface area contributed by atoms with Crippen LogP contribution in [0.5, 0.6) is 5.75 Å². The smallest absolute Gasteiger partial charge is 0.338 e. The average Bonchev–Trinajstić information content (AvgIpc) is 2.89. The first-order valence-corrected chi connectivity index (χ1v) is 19.8. The van der Waals surface area contributed by atoms with Crippen LogP contribution >= 0.6 is 0 Å². The fourth-order valence-corrected chi connectivity index (χ4v) is 15.4. The van der Waals surface area contributed by atoms with E-state index in [2.05, 4.69) is 50.5 Å². The number of hydrogen-bond acceptors (Lipinski definition) is 5. The lowest BCUT2D eigenvalue weighted by molar-refractivity contribution is -0.141. The van der Waals surface area contributed by atoms with Crippen molar-refractivity contribution >= 4 is 38.5 Å². The van der Waals surface area contributed by atoms with Crippen LogP contribution in [0.2, 0.25) is 38.3 Å². The van der Waals surface area contributed by atoms with Gasteiger partial charge in [0.1, 0.15) is 19.0 Å². The molecule has 0 radical (unpaired) electrons. The van der Waals surface area contributed by atoms with Crippen molar-refractivity contribution < 1.29 is 23.8 Å². The lowest BCUT2D eigenvalue weighted by atomic mass is 9.97. The summed E-state index contributed by atoms with van der Waals surface area (Å²) in [4.78, 5) is 23.3. The molecule has 0 atom stereocenters. The van der Waals surface area contributed by atoms with Gasteiger partial charge in [-0.1, -0.05) is 85.0 Å². The second-order valence-electron chi connectivity index (χ2n) is 11.2. The lowest BCUT2D eigenvalue weighted by Crippen LogP contribution is -2.63. The standard InChI is InChI=1S/C31H38O5Si2/c1-7-34-31(33)24-10-8-23(9-11-24)25-12-14-28(36-17-16-35-22(2)32)27(20-25)26-13-15-29-30(21-26)38(5,6)19-18-37(29,3)4/h8-15,20-21H,7,16-19H2,1-6H3. The molecule has 0 aromatic heterocycles. The maximum Gasteiger partial charge on any atom is 0.338 e. The molecule has 200 valence electrons. The van der Waals surface area contributed by atoms with E-state index in [0.29, 0.717) is 12.2 Å². The van der Waals surface area contributed by atoms with Crippen LogP contribution in [0.1, 0.15) is 24.2 Å². The van der Waals surface area contributed by atoms with E-state index in [1.165, 1.54) is 19.0 Å². The number of ether oxygens (including phenoxy) is 3. The number of benzene rings is 3. The first kappa shape index (κ1) is 27.9. The van der Waals surface area contributed by atoms with Crippen LogP contribution in [0.3, 0.4) is 0 Å². The van der Waals surface area contributed by atoms with Gasteiger partial charge in [0.2, 0.25) is 0 Å². The van der Waals surface area contributed by atoms with Gasteiger partial charge in [-0.05, 0) is 47.9 Å². The highest BCUT2D eigenvalue weighted by molar-refractivity contribution is 7.03. The molecule has 5 nitrogen and oxygen atoms in total. The minimum Gasteiger partial charge on any atom is -0.489 e. The van der Waals surface area contributed by atoms with Crippen LogP contribution in [0, 0.1) is 0 Å². The van der Waals surface area contributed by atoms with E-state index in [4.69, 9.17) is 14.2 Å². The van der Waals surface area contributed by atoms with E-state index in [9.17, 15) is 9.59 Å². The summed E-state index contributed by atoms with van der Waals surface area (Å²) in [5.74, 6) is 0.128. The number of carbonyl (C=O) groups excluding carboxylic acids is 2. The number of fused-ring (bicyclic) bond motifs is 1. The van der Waals surface area contributed by atoms with Gasteiger partial charge in [0.15, 0.2) is 0 Å². The van der Waals surface area contributed by atoms with E-state index in [1.807, 2.05) is 24.3 Å². The fourth-order valence-electron chi connectivity index (χ4n) is 5.17. The maximum absolute atomic E-state index is 12.1. The predicted molar refractivity (Wildman–Crippen MR) is 159 cm³/mol. The van der Waals surface area contributed by atoms with Gasteiger partial charge in [0.05, 0.1) is 28.3 Å². The zero-order valence-electron chi connectivity index (χ0n) is 23.4. The summed E-state index contributed by atoms with van der Waals surface area (Å²) in [5, 5.41) is 3.18. The summed E-state index contributed by atoms with van der Waals surface area (Å²) in [6.45, 7) is 14.0. The number of esters is 2. The summed E-state index contributed by atoms with van der Waals surface area (Å²) in [6, 6.07) is 23.4. The lowest BCUT2D eigenvalue weighted by Gasteiger charge is -2.40. The third-order valence-electron chi connectivity index (χ3n) is 7.52. The van der Waals surface area contributed by atoms with Crippen LogP contribution < -0.4 is 15.1 Å². The number of rotatable bonds is 8. The minimum atomic E-state index is -1.53. The van der Waals surface area contributed by atoms with Crippen LogP contribution in [0.15, 0.2) is 60.7 Å². The Balaban J connectivity index is 1.75. The molecule has 1 heterocycles. The van der Waals surface area contributed by atoms with Crippen LogP contribution in [-0.4, -0.2) is 47.9 Å². The molecule has 4 rings (SSSR count). The molecule has 0 aliphatic carbocycles. The molecule has 0 saturated heterocycles. The third-order valence-corrected chi connectivity index (χ3v) is 15.0. The SMILES string of the molecule is CCOC(=O)c1ccc(-c2ccc(OCCOC(C)=O)c(-c3ccc4c(c3)[Si](C)(C)CC[Si]4(C)C)c2)cc1. The van der Waals surface area contributed by atoms with Crippen molar-refractivity contribution in [2.45, 2.75) is 52.1 Å². The molecule has 0 N–H and O–H groups in total. The fraction of sp³-hybridized carbons (Fsp3) is 0.355. The van der Waals surface area contributed by atoms with Crippen LogP contribution in [0.4, 0.5) is 0 Å². The normalized spacial score (nSPS) is 15.3. The average molecular weight is 547 g/mol. The molecule has 3 aromatic rings. The van der Waals surface area contributed by atoms with Crippen molar-refractivity contribution in [3.05, 3.63) is 66.2 Å². The third kappa shape index (κ3) is 6.10. The van der Waals surface area contributed by atoms with Gasteiger partial charge in [-0.3, -0.25) is 4.79 Å². The summed E-state index contributed by atoms with van der Waals surface area (Å²) in [5.41, 5.74) is 4.73. The van der Waals surface area contributed by atoms with E-state index >= 15 is 0 Å². The molecule has 38 heavy (non-hydrogen) atoms. The molecule has 0 fully saturated rings. The van der Waals surface area contributed by atoms with E-state index in [1.54, 1.807) is 29.4 Å². The van der Waals surface area contributed by atoms with E-state index in [0.717, 1.165) is 28.0 Å². The predicted octanol–water partition coefficient (Wildman–Crippen LogP) is 5.98. The molecule has 0 spiro atoms. The maximum atomic E-state index is 12.1. The topological polar surface area (TPSA) is 61.8 Å². The zero-order chi connectivity index (χ0) is 27.5. The Bertz CT molecular complexity index is 1330. The van der Waals surface area contributed by atoms with Crippen LogP contribution in [-0.2, 0) is 14.3 Å². The van der Waals surface area contributed by atoms with E-state index < -0.39 is 16.1 Å². The number of carbonyl (C=O) groups is 2. The summed E-state index contributed by atoms with van der Waals surface area (Å²) in [7, 11) is -2.98. The second-order valence-corrected chi connectivity index (χ2v) is 20.8. The van der Waals surface area contributed by atoms with Crippen molar-refractivity contribution in [2.24, 2.45) is 0 Å². The largest absolute Gasteiger partial charge is 0.489 e. The van der Waals surface area contributed by atoms with Gasteiger partial charge >= 0.3 is 11.9 Å². The molecule has 0 amide bonds. The first-order chi connectivity index (χ1) is 18.0. The van der Waals surface area contributed by atoms with Gasteiger partial charge < -0.3 is 14.2 Å². The van der Waals surface area contributed by atoms with Gasteiger partial charge in [0.25, 0.3) is 0 Å². The highest BCUT2D eigenvalue weighted by Gasteiger charge is 2.39.